The minimum Gasteiger partial charge on any atom is -0.494 e. The lowest BCUT2D eigenvalue weighted by molar-refractivity contribution is -0.384. The molecule has 0 radical (unpaired) electrons. The number of nitrogens with zero attached hydrogens (tertiary/aromatic N) is 5. The highest BCUT2D eigenvalue weighted by atomic mass is 32.2. The first kappa shape index (κ1) is 21.2. The predicted octanol–water partition coefficient (Wildman–Crippen LogP) is 3.83. The number of benzene rings is 2. The number of aromatic nitrogens is 4. The van der Waals surface area contributed by atoms with Crippen LogP contribution in [0.15, 0.2) is 65.8 Å². The van der Waals surface area contributed by atoms with Crippen molar-refractivity contribution in [3.8, 4) is 17.0 Å². The molecule has 0 aliphatic heterocycles. The van der Waals surface area contributed by atoms with Gasteiger partial charge in [0.25, 0.3) is 5.69 Å². The van der Waals surface area contributed by atoms with Gasteiger partial charge in [-0.25, -0.2) is 0 Å². The van der Waals surface area contributed by atoms with E-state index < -0.39 is 4.92 Å². The molecule has 0 aliphatic carbocycles. The summed E-state index contributed by atoms with van der Waals surface area (Å²) < 4.78 is 6.90. The molecule has 10 nitrogen and oxygen atoms in total. The standard InChI is InChI=1S/C21H18N6O4S/c1-2-31-17-8-6-15(7-9-17)22-20(28)13-32-21-24-23-19-11-10-18(25-26(19)21)14-4-3-5-16(12-14)27(29)30/h3-12H,2,13H2,1H3,(H,22,28). The van der Waals surface area contributed by atoms with E-state index in [0.29, 0.717) is 34.4 Å². The zero-order valence-electron chi connectivity index (χ0n) is 17.0. The van der Waals surface area contributed by atoms with Crippen LogP contribution in [0.3, 0.4) is 0 Å². The Hall–Kier alpha value is -3.99. The highest BCUT2D eigenvalue weighted by Crippen LogP contribution is 2.24. The Morgan fingerprint density at radius 3 is 2.72 bits per heavy atom. The van der Waals surface area contributed by atoms with Crippen LogP contribution >= 0.6 is 11.8 Å². The average Bonchev–Trinajstić information content (AvgIpc) is 3.21. The third-order valence-corrected chi connectivity index (χ3v) is 5.29. The van der Waals surface area contributed by atoms with E-state index in [-0.39, 0.29) is 17.3 Å². The van der Waals surface area contributed by atoms with Crippen LogP contribution in [-0.2, 0) is 4.79 Å². The zero-order chi connectivity index (χ0) is 22.5. The maximum atomic E-state index is 12.3. The quantitative estimate of drug-likeness (QED) is 0.244. The molecule has 11 heteroatoms. The largest absolute Gasteiger partial charge is 0.494 e. The van der Waals surface area contributed by atoms with Gasteiger partial charge in [-0.15, -0.1) is 10.2 Å². The molecule has 0 spiro atoms. The summed E-state index contributed by atoms with van der Waals surface area (Å²) in [5, 5.41) is 27.0. The average molecular weight is 450 g/mol. The maximum Gasteiger partial charge on any atom is 0.270 e. The number of ether oxygens (including phenoxy) is 1. The summed E-state index contributed by atoms with van der Waals surface area (Å²) >= 11 is 1.19. The van der Waals surface area contributed by atoms with E-state index >= 15 is 0 Å². The fourth-order valence-corrected chi connectivity index (χ4v) is 3.61. The van der Waals surface area contributed by atoms with Crippen molar-refractivity contribution in [3.05, 3.63) is 70.8 Å². The summed E-state index contributed by atoms with van der Waals surface area (Å²) in [7, 11) is 0. The third-order valence-electron chi connectivity index (χ3n) is 4.37. The molecular formula is C21H18N6O4S. The van der Waals surface area contributed by atoms with Crippen molar-refractivity contribution in [1.82, 2.24) is 19.8 Å². The molecule has 0 atom stereocenters. The van der Waals surface area contributed by atoms with Crippen molar-refractivity contribution in [3.63, 3.8) is 0 Å². The Balaban J connectivity index is 1.46. The number of non-ortho nitro benzene ring substituents is 1. The van der Waals surface area contributed by atoms with Gasteiger partial charge in [0, 0.05) is 23.4 Å². The van der Waals surface area contributed by atoms with E-state index in [1.807, 2.05) is 6.92 Å². The van der Waals surface area contributed by atoms with Crippen LogP contribution in [0.2, 0.25) is 0 Å². The number of carbonyl (C=O) groups excluding carboxylic acids is 1. The number of hydrogen-bond acceptors (Lipinski definition) is 8. The monoisotopic (exact) mass is 450 g/mol. The second-order valence-electron chi connectivity index (χ2n) is 6.57. The summed E-state index contributed by atoms with van der Waals surface area (Å²) in [6.45, 7) is 2.48. The van der Waals surface area contributed by atoms with Crippen LogP contribution in [-0.4, -0.2) is 43.0 Å². The topological polar surface area (TPSA) is 125 Å². The summed E-state index contributed by atoms with van der Waals surface area (Å²) in [6, 6.07) is 16.8. The molecule has 0 bridgehead atoms. The number of amides is 1. The minimum atomic E-state index is -0.453. The smallest absolute Gasteiger partial charge is 0.270 e. The first-order chi connectivity index (χ1) is 15.5. The number of nitro benzene ring substituents is 1. The number of carbonyl (C=O) groups is 1. The Morgan fingerprint density at radius 1 is 1.16 bits per heavy atom. The van der Waals surface area contributed by atoms with Crippen molar-refractivity contribution in [2.75, 3.05) is 17.7 Å². The summed E-state index contributed by atoms with van der Waals surface area (Å²) in [6.07, 6.45) is 0. The highest BCUT2D eigenvalue weighted by molar-refractivity contribution is 7.99. The molecule has 4 rings (SSSR count). The molecule has 0 saturated carbocycles. The van der Waals surface area contributed by atoms with E-state index in [9.17, 15) is 14.9 Å². The molecular weight excluding hydrogens is 432 g/mol. The van der Waals surface area contributed by atoms with E-state index in [0.717, 1.165) is 5.75 Å². The van der Waals surface area contributed by atoms with Crippen molar-refractivity contribution in [1.29, 1.82) is 0 Å². The van der Waals surface area contributed by atoms with E-state index in [4.69, 9.17) is 4.74 Å². The van der Waals surface area contributed by atoms with Gasteiger partial charge in [-0.2, -0.15) is 9.61 Å². The van der Waals surface area contributed by atoms with Gasteiger partial charge in [0.2, 0.25) is 11.1 Å². The van der Waals surface area contributed by atoms with Crippen LogP contribution in [0.5, 0.6) is 5.75 Å². The lowest BCUT2D eigenvalue weighted by Crippen LogP contribution is -2.14. The van der Waals surface area contributed by atoms with Gasteiger partial charge in [-0.05, 0) is 43.3 Å². The van der Waals surface area contributed by atoms with Crippen LogP contribution in [0.4, 0.5) is 11.4 Å². The molecule has 0 unspecified atom stereocenters. The summed E-state index contributed by atoms with van der Waals surface area (Å²) in [5.41, 5.74) is 2.28. The Kier molecular flexibility index (Phi) is 6.26. The van der Waals surface area contributed by atoms with Gasteiger partial charge in [0.15, 0.2) is 5.65 Å². The number of hydrogen-bond donors (Lipinski definition) is 1. The van der Waals surface area contributed by atoms with Gasteiger partial charge < -0.3 is 10.1 Å². The first-order valence-corrected chi connectivity index (χ1v) is 10.6. The molecule has 2 aromatic carbocycles. The van der Waals surface area contributed by atoms with E-state index in [1.165, 1.54) is 28.4 Å². The molecule has 0 aliphatic rings. The fraction of sp³-hybridized carbons (Fsp3) is 0.143. The second-order valence-corrected chi connectivity index (χ2v) is 7.52. The maximum absolute atomic E-state index is 12.3. The van der Waals surface area contributed by atoms with Gasteiger partial charge in [-0.3, -0.25) is 14.9 Å². The Bertz CT molecular complexity index is 1280. The molecule has 4 aromatic rings. The Labute approximate surface area is 186 Å². The molecule has 1 N–H and O–H groups in total. The molecule has 0 saturated heterocycles. The van der Waals surface area contributed by atoms with Gasteiger partial charge in [0.05, 0.1) is 23.0 Å². The fourth-order valence-electron chi connectivity index (χ4n) is 2.92. The van der Waals surface area contributed by atoms with Gasteiger partial charge >= 0.3 is 0 Å². The van der Waals surface area contributed by atoms with Gasteiger partial charge in [-0.1, -0.05) is 23.9 Å². The Morgan fingerprint density at radius 2 is 1.97 bits per heavy atom. The number of fused-ring (bicyclic) bond motifs is 1. The number of thioether (sulfide) groups is 1. The van der Waals surface area contributed by atoms with Crippen LogP contribution in [0.1, 0.15) is 6.92 Å². The third kappa shape index (κ3) is 4.83. The summed E-state index contributed by atoms with van der Waals surface area (Å²) in [4.78, 5) is 22.9. The molecule has 2 heterocycles. The normalized spacial score (nSPS) is 10.8. The summed E-state index contributed by atoms with van der Waals surface area (Å²) in [5.74, 6) is 0.641. The lowest BCUT2D eigenvalue weighted by atomic mass is 10.1. The number of nitro groups is 1. The second kappa shape index (κ2) is 9.43. The zero-order valence-corrected chi connectivity index (χ0v) is 17.8. The highest BCUT2D eigenvalue weighted by Gasteiger charge is 2.13. The predicted molar refractivity (Wildman–Crippen MR) is 120 cm³/mol. The van der Waals surface area contributed by atoms with Gasteiger partial charge in [0.1, 0.15) is 5.75 Å². The number of rotatable bonds is 8. The van der Waals surface area contributed by atoms with E-state index in [1.54, 1.807) is 48.5 Å². The van der Waals surface area contributed by atoms with Crippen molar-refractivity contribution < 1.29 is 14.5 Å². The number of nitrogens with one attached hydrogen (secondary N) is 1. The first-order valence-electron chi connectivity index (χ1n) is 9.66. The van der Waals surface area contributed by atoms with Crippen molar-refractivity contribution >= 4 is 34.7 Å². The molecule has 2 aromatic heterocycles. The van der Waals surface area contributed by atoms with Crippen LogP contribution in [0.25, 0.3) is 16.9 Å². The molecule has 162 valence electrons. The number of anilines is 1. The van der Waals surface area contributed by atoms with Crippen molar-refractivity contribution in [2.45, 2.75) is 12.1 Å². The van der Waals surface area contributed by atoms with Crippen LogP contribution < -0.4 is 10.1 Å². The van der Waals surface area contributed by atoms with Crippen LogP contribution in [0, 0.1) is 10.1 Å². The molecule has 32 heavy (non-hydrogen) atoms. The lowest BCUT2D eigenvalue weighted by Gasteiger charge is -2.07. The molecule has 0 fully saturated rings. The molecule has 1 amide bonds. The van der Waals surface area contributed by atoms with E-state index in [2.05, 4.69) is 20.6 Å². The SMILES string of the molecule is CCOc1ccc(NC(=O)CSc2nnc3ccc(-c4cccc([N+](=O)[O-])c4)nn23)cc1. The van der Waals surface area contributed by atoms with Crippen molar-refractivity contribution in [2.24, 2.45) is 0 Å². The minimum absolute atomic E-state index is 0.0197.